The summed E-state index contributed by atoms with van der Waals surface area (Å²) in [5, 5.41) is 4.93. The number of hydrogen-bond acceptors (Lipinski definition) is 4. The zero-order chi connectivity index (χ0) is 16.8. The van der Waals surface area contributed by atoms with Gasteiger partial charge in [0.2, 0.25) is 5.91 Å². The highest BCUT2D eigenvalue weighted by Crippen LogP contribution is 2.24. The number of rotatable bonds is 6. The van der Waals surface area contributed by atoms with Crippen LogP contribution in [-0.4, -0.2) is 10.9 Å². The molecule has 2 heterocycles. The third-order valence-electron chi connectivity index (χ3n) is 3.62. The van der Waals surface area contributed by atoms with E-state index < -0.39 is 0 Å². The number of pyridine rings is 1. The summed E-state index contributed by atoms with van der Waals surface area (Å²) in [5.74, 6) is 0.517. The third kappa shape index (κ3) is 4.20. The molecule has 3 rings (SSSR count). The third-order valence-corrected chi connectivity index (χ3v) is 4.67. The summed E-state index contributed by atoms with van der Waals surface area (Å²) in [6.45, 7) is 2.37. The minimum absolute atomic E-state index is 0.0243. The fourth-order valence-corrected chi connectivity index (χ4v) is 3.01. The molecular weight excluding hydrogens is 320 g/mol. The molecule has 24 heavy (non-hydrogen) atoms. The van der Waals surface area contributed by atoms with Gasteiger partial charge in [-0.1, -0.05) is 12.1 Å². The predicted octanol–water partition coefficient (Wildman–Crippen LogP) is 4.46. The molecule has 4 nitrogen and oxygen atoms in total. The van der Waals surface area contributed by atoms with Crippen LogP contribution >= 0.6 is 11.3 Å². The van der Waals surface area contributed by atoms with Crippen molar-refractivity contribution in [2.75, 3.05) is 5.32 Å². The molecule has 122 valence electrons. The maximum Gasteiger partial charge on any atom is 0.232 e. The van der Waals surface area contributed by atoms with Gasteiger partial charge in [0.1, 0.15) is 12.4 Å². The summed E-state index contributed by atoms with van der Waals surface area (Å²) in [6, 6.07) is 15.2. The lowest BCUT2D eigenvalue weighted by atomic mass is 10.1. The number of carbonyl (C=O) groups excluding carboxylic acids is 1. The van der Waals surface area contributed by atoms with E-state index in [1.54, 1.807) is 23.7 Å². The van der Waals surface area contributed by atoms with Crippen LogP contribution in [0.3, 0.4) is 0 Å². The molecule has 0 aliphatic rings. The number of amides is 1. The molecule has 1 atom stereocenters. The van der Waals surface area contributed by atoms with Crippen LogP contribution in [0, 0.1) is 0 Å². The second kappa shape index (κ2) is 7.75. The molecule has 0 saturated carbocycles. The molecule has 0 bridgehead atoms. The Morgan fingerprint density at radius 3 is 2.79 bits per heavy atom. The number of anilines is 1. The molecule has 1 N–H and O–H groups in total. The number of carbonyl (C=O) groups is 1. The zero-order valence-corrected chi connectivity index (χ0v) is 14.1. The minimum atomic E-state index is -0.175. The van der Waals surface area contributed by atoms with Gasteiger partial charge in [-0.15, -0.1) is 11.3 Å². The smallest absolute Gasteiger partial charge is 0.232 e. The van der Waals surface area contributed by atoms with Gasteiger partial charge in [0, 0.05) is 29.0 Å². The van der Waals surface area contributed by atoms with E-state index in [2.05, 4.69) is 10.3 Å². The summed E-state index contributed by atoms with van der Waals surface area (Å²) in [6.07, 6.45) is 3.47. The molecular formula is C19H18N2O2S. The number of nitrogens with one attached hydrogen (secondary N) is 1. The molecule has 0 aliphatic heterocycles. The molecule has 3 aromatic rings. The molecule has 5 heteroatoms. The molecule has 0 unspecified atom stereocenters. The van der Waals surface area contributed by atoms with Gasteiger partial charge in [0.15, 0.2) is 0 Å². The maximum atomic E-state index is 12.3. The van der Waals surface area contributed by atoms with Gasteiger partial charge in [0.25, 0.3) is 0 Å². The van der Waals surface area contributed by atoms with Gasteiger partial charge >= 0.3 is 0 Å². The molecule has 1 aromatic carbocycles. The lowest BCUT2D eigenvalue weighted by molar-refractivity contribution is -0.117. The van der Waals surface area contributed by atoms with Crippen LogP contribution in [0.5, 0.6) is 5.75 Å². The molecule has 0 spiro atoms. The minimum Gasteiger partial charge on any atom is -0.489 e. The normalized spacial score (nSPS) is 11.7. The highest BCUT2D eigenvalue weighted by molar-refractivity contribution is 7.10. The van der Waals surface area contributed by atoms with Crippen LogP contribution in [0.25, 0.3) is 0 Å². The van der Waals surface area contributed by atoms with Crippen molar-refractivity contribution in [2.45, 2.75) is 19.4 Å². The van der Waals surface area contributed by atoms with Crippen molar-refractivity contribution in [3.8, 4) is 5.75 Å². The molecule has 2 aromatic heterocycles. The lowest BCUT2D eigenvalue weighted by Crippen LogP contribution is -2.18. The first-order chi connectivity index (χ1) is 11.7. The standard InChI is InChI=1S/C19H18N2O2S/c1-14(18-6-3-11-24-18)19(22)21-16-4-2-5-17(12-16)23-13-15-7-9-20-10-8-15/h2-12,14H,13H2,1H3,(H,21,22)/t14-/m0/s1. The van der Waals surface area contributed by atoms with E-state index in [4.69, 9.17) is 4.74 Å². The van der Waals surface area contributed by atoms with Crippen molar-refractivity contribution in [1.29, 1.82) is 0 Å². The van der Waals surface area contributed by atoms with E-state index in [1.807, 2.05) is 60.8 Å². The highest BCUT2D eigenvalue weighted by atomic mass is 32.1. The Labute approximate surface area is 145 Å². The molecule has 1 amide bonds. The van der Waals surface area contributed by atoms with E-state index >= 15 is 0 Å². The SMILES string of the molecule is C[C@H](C(=O)Nc1cccc(OCc2ccncc2)c1)c1cccs1. The lowest BCUT2D eigenvalue weighted by Gasteiger charge is -2.12. The van der Waals surface area contributed by atoms with Crippen molar-refractivity contribution in [1.82, 2.24) is 4.98 Å². The van der Waals surface area contributed by atoms with Crippen molar-refractivity contribution < 1.29 is 9.53 Å². The monoisotopic (exact) mass is 338 g/mol. The van der Waals surface area contributed by atoms with Crippen LogP contribution in [0.2, 0.25) is 0 Å². The van der Waals surface area contributed by atoms with Gasteiger partial charge < -0.3 is 10.1 Å². The Balaban J connectivity index is 1.61. The fraction of sp³-hybridized carbons (Fsp3) is 0.158. The van der Waals surface area contributed by atoms with Crippen LogP contribution < -0.4 is 10.1 Å². The number of aromatic nitrogens is 1. The van der Waals surface area contributed by atoms with Gasteiger partial charge in [0.05, 0.1) is 5.92 Å². The molecule has 0 radical (unpaired) electrons. The predicted molar refractivity (Wildman–Crippen MR) is 96.4 cm³/mol. The maximum absolute atomic E-state index is 12.3. The number of nitrogens with zero attached hydrogens (tertiary/aromatic N) is 1. The van der Waals surface area contributed by atoms with Gasteiger partial charge in [-0.3, -0.25) is 9.78 Å². The van der Waals surface area contributed by atoms with Gasteiger partial charge in [-0.05, 0) is 48.2 Å². The first-order valence-corrected chi connectivity index (χ1v) is 8.56. The van der Waals surface area contributed by atoms with E-state index in [0.29, 0.717) is 12.4 Å². The van der Waals surface area contributed by atoms with Crippen LogP contribution in [-0.2, 0) is 11.4 Å². The Hall–Kier alpha value is -2.66. The Morgan fingerprint density at radius 1 is 1.21 bits per heavy atom. The summed E-state index contributed by atoms with van der Waals surface area (Å²) in [7, 11) is 0. The average molecular weight is 338 g/mol. The summed E-state index contributed by atoms with van der Waals surface area (Å²) in [4.78, 5) is 17.4. The number of thiophene rings is 1. The summed E-state index contributed by atoms with van der Waals surface area (Å²) < 4.78 is 5.77. The first kappa shape index (κ1) is 16.2. The quantitative estimate of drug-likeness (QED) is 0.722. The second-order valence-electron chi connectivity index (χ2n) is 5.40. The zero-order valence-electron chi connectivity index (χ0n) is 13.3. The Morgan fingerprint density at radius 2 is 2.04 bits per heavy atom. The number of benzene rings is 1. The van der Waals surface area contributed by atoms with Crippen LogP contribution in [0.1, 0.15) is 23.3 Å². The number of ether oxygens (including phenoxy) is 1. The fourth-order valence-electron chi connectivity index (χ4n) is 2.23. The van der Waals surface area contributed by atoms with Crippen molar-refractivity contribution in [3.63, 3.8) is 0 Å². The first-order valence-electron chi connectivity index (χ1n) is 7.68. The van der Waals surface area contributed by atoms with E-state index in [9.17, 15) is 4.79 Å². The van der Waals surface area contributed by atoms with Crippen molar-refractivity contribution >= 4 is 22.9 Å². The van der Waals surface area contributed by atoms with Crippen molar-refractivity contribution in [3.05, 3.63) is 76.7 Å². The molecule has 0 aliphatic carbocycles. The van der Waals surface area contributed by atoms with Crippen molar-refractivity contribution in [2.24, 2.45) is 0 Å². The number of hydrogen-bond donors (Lipinski definition) is 1. The Bertz CT molecular complexity index is 788. The van der Waals surface area contributed by atoms with E-state index in [0.717, 1.165) is 16.1 Å². The highest BCUT2D eigenvalue weighted by Gasteiger charge is 2.16. The van der Waals surface area contributed by atoms with Crippen LogP contribution in [0.4, 0.5) is 5.69 Å². The van der Waals surface area contributed by atoms with E-state index in [1.165, 1.54) is 0 Å². The second-order valence-corrected chi connectivity index (χ2v) is 6.38. The topological polar surface area (TPSA) is 51.2 Å². The summed E-state index contributed by atoms with van der Waals surface area (Å²) in [5.41, 5.74) is 1.78. The molecule has 0 fully saturated rings. The van der Waals surface area contributed by atoms with Crippen LogP contribution in [0.15, 0.2) is 66.3 Å². The van der Waals surface area contributed by atoms with E-state index in [-0.39, 0.29) is 11.8 Å². The van der Waals surface area contributed by atoms with Gasteiger partial charge in [-0.2, -0.15) is 0 Å². The Kier molecular flexibility index (Phi) is 5.23. The molecule has 0 saturated heterocycles. The van der Waals surface area contributed by atoms with Gasteiger partial charge in [-0.25, -0.2) is 0 Å². The average Bonchev–Trinajstić information content (AvgIpc) is 3.15. The largest absolute Gasteiger partial charge is 0.489 e. The summed E-state index contributed by atoms with van der Waals surface area (Å²) >= 11 is 1.59.